The van der Waals surface area contributed by atoms with Crippen LogP contribution in [0.2, 0.25) is 0 Å². The van der Waals surface area contributed by atoms with Crippen molar-refractivity contribution >= 4 is 26.0 Å². The molecule has 0 spiro atoms. The summed E-state index contributed by atoms with van der Waals surface area (Å²) >= 11 is 0. The van der Waals surface area contributed by atoms with Crippen LogP contribution in [0, 0.1) is 0 Å². The minimum atomic E-state index is -4.56. The molecule has 1 fully saturated rings. The normalized spacial score (nSPS) is 36.0. The summed E-state index contributed by atoms with van der Waals surface area (Å²) in [7, 11) is -4.56. The minimum absolute atomic E-state index is 0. The van der Waals surface area contributed by atoms with Gasteiger partial charge in [0.05, 0.1) is 6.16 Å². The summed E-state index contributed by atoms with van der Waals surface area (Å²) in [6, 6.07) is 0. The van der Waals surface area contributed by atoms with E-state index < -0.39 is 37.4 Å². The van der Waals surface area contributed by atoms with E-state index in [-0.39, 0.29) is 12.4 Å². The number of carbonyl (C=O) groups is 1. The maximum Gasteiger partial charge on any atom is 0.328 e. The molecule has 1 aliphatic rings. The molecule has 6 nitrogen and oxygen atoms in total. The van der Waals surface area contributed by atoms with Gasteiger partial charge < -0.3 is 20.6 Å². The number of nitrogens with two attached hydrogens (primary N) is 1. The van der Waals surface area contributed by atoms with Gasteiger partial charge in [-0.3, -0.25) is 9.36 Å². The van der Waals surface area contributed by atoms with Crippen LogP contribution in [-0.4, -0.2) is 38.2 Å². The van der Waals surface area contributed by atoms with E-state index in [1.54, 1.807) is 0 Å². The average Bonchev–Trinajstić information content (AvgIpc) is 2.30. The zero-order chi connectivity index (χ0) is 10.5. The van der Waals surface area contributed by atoms with Gasteiger partial charge in [-0.05, 0) is 0 Å². The van der Waals surface area contributed by atoms with Crippen LogP contribution < -0.4 is 5.73 Å². The molecule has 14 heavy (non-hydrogen) atoms. The second-order valence-electron chi connectivity index (χ2n) is 3.24. The molecule has 1 saturated carbocycles. The largest absolute Gasteiger partial charge is 0.480 e. The highest BCUT2D eigenvalue weighted by Crippen LogP contribution is 2.56. The number of rotatable bonds is 3. The Morgan fingerprint density at radius 1 is 1.57 bits per heavy atom. The van der Waals surface area contributed by atoms with Crippen molar-refractivity contribution in [2.75, 3.05) is 6.16 Å². The smallest absolute Gasteiger partial charge is 0.328 e. The molecular weight excluding hydrogens is 239 g/mol. The monoisotopic (exact) mass is 249 g/mol. The van der Waals surface area contributed by atoms with Crippen LogP contribution in [0.25, 0.3) is 0 Å². The van der Waals surface area contributed by atoms with Crippen molar-refractivity contribution in [3.05, 3.63) is 0 Å². The standard InChI is InChI=1S/C5H9FNO5P.ClH/c6-4(2-13(10,11)12)1-5(4,7)3(8)9;/h1-2,7H2,(H,8,9)(H2,10,11,12);1H/t4-,5-;/m1./s1. The Balaban J connectivity index is 0.00000169. The molecule has 5 N–H and O–H groups in total. The summed E-state index contributed by atoms with van der Waals surface area (Å²) < 4.78 is 23.7. The molecule has 1 aliphatic carbocycles. The highest BCUT2D eigenvalue weighted by Gasteiger charge is 2.74. The van der Waals surface area contributed by atoms with Crippen molar-refractivity contribution in [1.82, 2.24) is 0 Å². The second kappa shape index (κ2) is 3.43. The summed E-state index contributed by atoms with van der Waals surface area (Å²) in [5.41, 5.74) is 0.452. The lowest BCUT2D eigenvalue weighted by molar-refractivity contribution is -0.140. The highest BCUT2D eigenvalue weighted by molar-refractivity contribution is 7.51. The van der Waals surface area contributed by atoms with E-state index in [1.807, 2.05) is 0 Å². The van der Waals surface area contributed by atoms with Gasteiger partial charge in [0.25, 0.3) is 0 Å². The second-order valence-corrected chi connectivity index (χ2v) is 4.89. The van der Waals surface area contributed by atoms with Crippen molar-refractivity contribution in [2.24, 2.45) is 5.73 Å². The van der Waals surface area contributed by atoms with Crippen LogP contribution in [-0.2, 0) is 9.36 Å². The van der Waals surface area contributed by atoms with Crippen LogP contribution in [0.15, 0.2) is 0 Å². The van der Waals surface area contributed by atoms with E-state index in [1.165, 1.54) is 0 Å². The first kappa shape index (κ1) is 13.8. The number of halogens is 2. The maximum atomic E-state index is 13.3. The molecule has 0 saturated heterocycles. The summed E-state index contributed by atoms with van der Waals surface area (Å²) in [5.74, 6) is -1.58. The van der Waals surface area contributed by atoms with Crippen LogP contribution in [0.3, 0.4) is 0 Å². The van der Waals surface area contributed by atoms with E-state index in [0.29, 0.717) is 0 Å². The van der Waals surface area contributed by atoms with Crippen LogP contribution in [0.1, 0.15) is 6.42 Å². The lowest BCUT2D eigenvalue weighted by Crippen LogP contribution is -2.42. The van der Waals surface area contributed by atoms with E-state index >= 15 is 0 Å². The molecule has 84 valence electrons. The van der Waals surface area contributed by atoms with E-state index in [2.05, 4.69) is 0 Å². The first-order valence-electron chi connectivity index (χ1n) is 3.36. The first-order chi connectivity index (χ1) is 5.61. The molecule has 0 aromatic heterocycles. The Labute approximate surface area is 84.9 Å². The fourth-order valence-electron chi connectivity index (χ4n) is 1.19. The van der Waals surface area contributed by atoms with Gasteiger partial charge in [-0.15, -0.1) is 12.4 Å². The highest BCUT2D eigenvalue weighted by atomic mass is 35.5. The third-order valence-electron chi connectivity index (χ3n) is 2.07. The van der Waals surface area contributed by atoms with Gasteiger partial charge in [0, 0.05) is 6.42 Å². The molecule has 0 bridgehead atoms. The molecule has 0 heterocycles. The number of alkyl halides is 1. The van der Waals surface area contributed by atoms with E-state index in [4.69, 9.17) is 20.6 Å². The summed E-state index contributed by atoms with van der Waals surface area (Å²) in [4.78, 5) is 27.2. The third kappa shape index (κ3) is 2.24. The predicted molar refractivity (Wildman–Crippen MR) is 47.2 cm³/mol. The van der Waals surface area contributed by atoms with Crippen LogP contribution in [0.5, 0.6) is 0 Å². The molecule has 1 rings (SSSR count). The molecule has 0 radical (unpaired) electrons. The molecular formula is C5H10ClFNO5P. The molecule has 0 aliphatic heterocycles. The maximum absolute atomic E-state index is 13.3. The molecule has 0 unspecified atom stereocenters. The SMILES string of the molecule is Cl.N[C@@]1(C(=O)O)C[C@@]1(F)CP(=O)(O)O. The van der Waals surface area contributed by atoms with Crippen molar-refractivity contribution in [3.63, 3.8) is 0 Å². The molecule has 9 heteroatoms. The summed E-state index contributed by atoms with van der Waals surface area (Å²) in [6.07, 6.45) is -1.69. The molecule has 0 amide bonds. The quantitative estimate of drug-likeness (QED) is 0.500. The van der Waals surface area contributed by atoms with E-state index in [9.17, 15) is 13.8 Å². The lowest BCUT2D eigenvalue weighted by Gasteiger charge is -2.11. The van der Waals surface area contributed by atoms with E-state index in [0.717, 1.165) is 0 Å². The molecule has 2 atom stereocenters. The minimum Gasteiger partial charge on any atom is -0.480 e. The third-order valence-corrected chi connectivity index (χ3v) is 2.98. The van der Waals surface area contributed by atoms with Crippen LogP contribution >= 0.6 is 20.0 Å². The zero-order valence-corrected chi connectivity index (χ0v) is 8.59. The Morgan fingerprint density at radius 2 is 2.00 bits per heavy atom. The van der Waals surface area contributed by atoms with Crippen molar-refractivity contribution in [1.29, 1.82) is 0 Å². The zero-order valence-electron chi connectivity index (χ0n) is 6.88. The van der Waals surface area contributed by atoms with Gasteiger partial charge in [0.15, 0.2) is 11.2 Å². The van der Waals surface area contributed by atoms with Gasteiger partial charge >= 0.3 is 13.6 Å². The Morgan fingerprint density at radius 3 is 2.21 bits per heavy atom. The van der Waals surface area contributed by atoms with Crippen molar-refractivity contribution in [2.45, 2.75) is 17.6 Å². The number of hydrogen-bond donors (Lipinski definition) is 4. The Hall–Kier alpha value is -0.200. The summed E-state index contributed by atoms with van der Waals surface area (Å²) in [6.45, 7) is 0. The fraction of sp³-hybridized carbons (Fsp3) is 0.800. The van der Waals surface area contributed by atoms with Gasteiger partial charge in [0.1, 0.15) is 0 Å². The molecule has 0 aromatic carbocycles. The molecule has 0 aromatic rings. The Kier molecular flexibility index (Phi) is 3.38. The van der Waals surface area contributed by atoms with Crippen molar-refractivity contribution < 1.29 is 28.6 Å². The fourth-order valence-corrected chi connectivity index (χ4v) is 2.24. The van der Waals surface area contributed by atoms with Gasteiger partial charge in [-0.1, -0.05) is 0 Å². The lowest BCUT2D eigenvalue weighted by atomic mass is 10.2. The first-order valence-corrected chi connectivity index (χ1v) is 5.16. The van der Waals surface area contributed by atoms with Gasteiger partial charge in [-0.2, -0.15) is 0 Å². The number of carboxylic acid groups (broad SMARTS) is 1. The number of aliphatic carboxylic acids is 1. The van der Waals surface area contributed by atoms with Crippen LogP contribution in [0.4, 0.5) is 4.39 Å². The number of hydrogen-bond acceptors (Lipinski definition) is 3. The topological polar surface area (TPSA) is 121 Å². The van der Waals surface area contributed by atoms with Gasteiger partial charge in [-0.25, -0.2) is 4.39 Å². The Bertz CT molecular complexity index is 308. The summed E-state index contributed by atoms with van der Waals surface area (Å²) in [5, 5.41) is 8.43. The predicted octanol–water partition coefficient (Wildman–Crippen LogP) is -0.520. The average molecular weight is 250 g/mol. The van der Waals surface area contributed by atoms with Gasteiger partial charge in [0.2, 0.25) is 0 Å². The number of carboxylic acids is 1. The van der Waals surface area contributed by atoms with Crippen molar-refractivity contribution in [3.8, 4) is 0 Å².